The highest BCUT2D eigenvalue weighted by Gasteiger charge is 1.95. The van der Waals surface area contributed by atoms with Gasteiger partial charge >= 0.3 is 0 Å². The molecule has 0 aromatic heterocycles. The molecule has 2 nitrogen and oxygen atoms in total. The van der Waals surface area contributed by atoms with E-state index in [1.807, 2.05) is 0 Å². The molecular weight excluding hydrogens is 164 g/mol. The molecule has 0 amide bonds. The molecule has 0 aliphatic rings. The summed E-state index contributed by atoms with van der Waals surface area (Å²) < 4.78 is 3.09. The first-order valence-electron chi connectivity index (χ1n) is 3.60. The number of rotatable bonds is 6. The van der Waals surface area contributed by atoms with E-state index >= 15 is 0 Å². The Morgan fingerprint density at radius 3 is 2.40 bits per heavy atom. The van der Waals surface area contributed by atoms with E-state index in [1.165, 1.54) is 11.0 Å². The van der Waals surface area contributed by atoms with Gasteiger partial charge in [-0.25, -0.2) is 0 Å². The van der Waals surface area contributed by atoms with Gasteiger partial charge in [0.25, 0.3) is 0 Å². The van der Waals surface area contributed by atoms with Crippen LogP contribution in [0.15, 0.2) is 0 Å². The van der Waals surface area contributed by atoms with Crippen LogP contribution in [0.3, 0.4) is 0 Å². The van der Waals surface area contributed by atoms with Crippen LogP contribution in [0.2, 0.25) is 0 Å². The van der Waals surface area contributed by atoms with Crippen LogP contribution in [0.4, 0.5) is 0 Å². The van der Waals surface area contributed by atoms with Gasteiger partial charge in [0.05, 0.1) is 0 Å². The Morgan fingerprint density at radius 2 is 2.00 bits per heavy atom. The number of thiol groups is 1. The Kier molecular flexibility index (Phi) is 8.20. The maximum Gasteiger partial charge on any atom is 0.0194 e. The van der Waals surface area contributed by atoms with Gasteiger partial charge < -0.3 is 4.90 Å². The smallest absolute Gasteiger partial charge is 0.0194 e. The molecule has 0 saturated carbocycles. The van der Waals surface area contributed by atoms with Crippen molar-refractivity contribution in [3.63, 3.8) is 0 Å². The molecule has 0 aliphatic carbocycles. The topological polar surface area (TPSA) is 15.3 Å². The molecule has 0 spiro atoms. The number of nitrogens with zero attached hydrogens (tertiary/aromatic N) is 1. The summed E-state index contributed by atoms with van der Waals surface area (Å²) in [6, 6.07) is 0. The zero-order valence-electron chi connectivity index (χ0n) is 6.63. The van der Waals surface area contributed by atoms with Crippen LogP contribution in [-0.2, 0) is 0 Å². The summed E-state index contributed by atoms with van der Waals surface area (Å²) in [5.41, 5.74) is 0. The van der Waals surface area contributed by atoms with E-state index in [0.29, 0.717) is 0 Å². The quantitative estimate of drug-likeness (QED) is 0.278. The lowest BCUT2D eigenvalue weighted by Gasteiger charge is -2.16. The largest absolute Gasteiger partial charge is 0.303 e. The minimum Gasteiger partial charge on any atom is -0.303 e. The standard InChI is InChI=1S/C6H16N2S2/c1-3-8(4-2)6-5-7-10-9/h7,9H,3-6H2,1-2H3. The second-order valence-electron chi connectivity index (χ2n) is 2.01. The minimum absolute atomic E-state index is 1.01. The monoisotopic (exact) mass is 180 g/mol. The molecule has 1 N–H and O–H groups in total. The van der Waals surface area contributed by atoms with E-state index in [0.717, 1.165) is 26.2 Å². The normalized spacial score (nSPS) is 10.8. The van der Waals surface area contributed by atoms with Crippen molar-refractivity contribution in [2.24, 2.45) is 0 Å². The van der Waals surface area contributed by atoms with Crippen molar-refractivity contribution in [2.75, 3.05) is 26.2 Å². The van der Waals surface area contributed by atoms with Crippen LogP contribution >= 0.6 is 22.6 Å². The summed E-state index contributed by atoms with van der Waals surface area (Å²) in [5.74, 6) is 0. The van der Waals surface area contributed by atoms with Crippen molar-refractivity contribution in [2.45, 2.75) is 13.8 Å². The lowest BCUT2D eigenvalue weighted by atomic mass is 10.5. The predicted octanol–water partition coefficient (Wildman–Crippen LogP) is 1.41. The molecule has 0 fully saturated rings. The Balaban J connectivity index is 3.09. The molecule has 0 heterocycles. The molecule has 0 aromatic rings. The van der Waals surface area contributed by atoms with Crippen molar-refractivity contribution in [3.8, 4) is 0 Å². The lowest BCUT2D eigenvalue weighted by molar-refractivity contribution is 0.310. The minimum atomic E-state index is 1.01. The van der Waals surface area contributed by atoms with E-state index in [4.69, 9.17) is 0 Å². The van der Waals surface area contributed by atoms with Crippen LogP contribution in [0.5, 0.6) is 0 Å². The van der Waals surface area contributed by atoms with E-state index in [2.05, 4.69) is 35.1 Å². The van der Waals surface area contributed by atoms with Crippen LogP contribution in [0, 0.1) is 0 Å². The zero-order valence-corrected chi connectivity index (χ0v) is 8.34. The fourth-order valence-electron chi connectivity index (χ4n) is 0.789. The van der Waals surface area contributed by atoms with Gasteiger partial charge in [-0.05, 0) is 24.1 Å². The zero-order chi connectivity index (χ0) is 7.82. The van der Waals surface area contributed by atoms with Crippen LogP contribution in [0.1, 0.15) is 13.8 Å². The Morgan fingerprint density at radius 1 is 1.40 bits per heavy atom. The molecule has 62 valence electrons. The summed E-state index contributed by atoms with van der Waals surface area (Å²) >= 11 is 3.97. The third-order valence-electron chi connectivity index (χ3n) is 1.49. The van der Waals surface area contributed by atoms with Crippen LogP contribution in [0.25, 0.3) is 0 Å². The fourth-order valence-corrected chi connectivity index (χ4v) is 1.25. The van der Waals surface area contributed by atoms with E-state index in [1.54, 1.807) is 0 Å². The molecule has 0 atom stereocenters. The Labute approximate surface area is 72.7 Å². The second kappa shape index (κ2) is 7.72. The molecule has 0 aliphatic heterocycles. The third-order valence-corrected chi connectivity index (χ3v) is 2.21. The van der Waals surface area contributed by atoms with Crippen LogP contribution in [-0.4, -0.2) is 31.1 Å². The molecule has 0 rings (SSSR count). The molecule has 10 heavy (non-hydrogen) atoms. The summed E-state index contributed by atoms with van der Waals surface area (Å²) in [4.78, 5) is 2.37. The van der Waals surface area contributed by atoms with E-state index in [-0.39, 0.29) is 0 Å². The maximum absolute atomic E-state index is 3.97. The van der Waals surface area contributed by atoms with Gasteiger partial charge in [0.2, 0.25) is 0 Å². The average Bonchev–Trinajstić information content (AvgIpc) is 1.99. The average molecular weight is 180 g/mol. The highest BCUT2D eigenvalue weighted by molar-refractivity contribution is 8.67. The van der Waals surface area contributed by atoms with Gasteiger partial charge in [-0.3, -0.25) is 4.72 Å². The first kappa shape index (κ1) is 10.6. The van der Waals surface area contributed by atoms with Crippen molar-refractivity contribution < 1.29 is 0 Å². The molecule has 0 aromatic carbocycles. The predicted molar refractivity (Wildman–Crippen MR) is 52.4 cm³/mol. The van der Waals surface area contributed by atoms with Gasteiger partial charge in [0.1, 0.15) is 0 Å². The molecular formula is C6H16N2S2. The van der Waals surface area contributed by atoms with Gasteiger partial charge in [-0.2, -0.15) is 0 Å². The second-order valence-corrected chi connectivity index (χ2v) is 3.03. The highest BCUT2D eigenvalue weighted by atomic mass is 33.1. The van der Waals surface area contributed by atoms with E-state index in [9.17, 15) is 0 Å². The fraction of sp³-hybridized carbons (Fsp3) is 1.00. The van der Waals surface area contributed by atoms with E-state index < -0.39 is 0 Å². The maximum atomic E-state index is 3.97. The van der Waals surface area contributed by atoms with Crippen molar-refractivity contribution >= 4 is 22.6 Å². The highest BCUT2D eigenvalue weighted by Crippen LogP contribution is 1.95. The molecule has 0 unspecified atom stereocenters. The van der Waals surface area contributed by atoms with Crippen molar-refractivity contribution in [1.29, 1.82) is 0 Å². The summed E-state index contributed by atoms with van der Waals surface area (Å²) in [6.45, 7) is 8.75. The molecule has 4 heteroatoms. The summed E-state index contributed by atoms with van der Waals surface area (Å²) in [6.07, 6.45) is 0. The number of hydrogen-bond acceptors (Lipinski definition) is 4. The number of hydrogen-bond donors (Lipinski definition) is 2. The van der Waals surface area contributed by atoms with Crippen LogP contribution < -0.4 is 4.72 Å². The molecule has 0 saturated heterocycles. The van der Waals surface area contributed by atoms with Gasteiger partial charge in [-0.1, -0.05) is 25.5 Å². The summed E-state index contributed by atoms with van der Waals surface area (Å²) in [7, 11) is 1.38. The van der Waals surface area contributed by atoms with Crippen molar-refractivity contribution in [3.05, 3.63) is 0 Å². The third kappa shape index (κ3) is 5.41. The lowest BCUT2D eigenvalue weighted by Crippen LogP contribution is -2.29. The van der Waals surface area contributed by atoms with Crippen molar-refractivity contribution in [1.82, 2.24) is 9.62 Å². The summed E-state index contributed by atoms with van der Waals surface area (Å²) in [5, 5.41) is 0. The Hall–Kier alpha value is 0.620. The molecule has 0 radical (unpaired) electrons. The first-order chi connectivity index (χ1) is 4.85. The number of likely N-dealkylation sites (N-methyl/N-ethyl adjacent to an activating group) is 1. The molecule has 0 bridgehead atoms. The van der Waals surface area contributed by atoms with Gasteiger partial charge in [0, 0.05) is 13.1 Å². The SMILES string of the molecule is CCN(CC)CCNSS. The Bertz CT molecular complexity index is 66.8. The van der Waals surface area contributed by atoms with Gasteiger partial charge in [-0.15, -0.1) is 0 Å². The number of nitrogens with one attached hydrogen (secondary N) is 1. The first-order valence-corrected chi connectivity index (χ1v) is 5.47. The van der Waals surface area contributed by atoms with Gasteiger partial charge in [0.15, 0.2) is 0 Å².